The van der Waals surface area contributed by atoms with Crippen LogP contribution in [-0.4, -0.2) is 41.8 Å². The highest BCUT2D eigenvalue weighted by molar-refractivity contribution is 5.01. The minimum Gasteiger partial charge on any atom is -0.375 e. The lowest BCUT2D eigenvalue weighted by Crippen LogP contribution is -2.63. The molecule has 0 aromatic carbocycles. The Morgan fingerprint density at radius 2 is 1.89 bits per heavy atom. The zero-order valence-electron chi connectivity index (χ0n) is 13.8. The fourth-order valence-electron chi connectivity index (χ4n) is 3.43. The molecule has 2 N–H and O–H groups in total. The number of nitrogens with zero attached hydrogens (tertiary/aromatic N) is 1. The Labute approximate surface area is 119 Å². The van der Waals surface area contributed by atoms with E-state index in [0.717, 1.165) is 39.0 Å². The van der Waals surface area contributed by atoms with Crippen LogP contribution in [-0.2, 0) is 4.74 Å². The van der Waals surface area contributed by atoms with Crippen molar-refractivity contribution >= 4 is 0 Å². The lowest BCUT2D eigenvalue weighted by atomic mass is 9.77. The summed E-state index contributed by atoms with van der Waals surface area (Å²) in [5.74, 6) is 0.668. The third-order valence-corrected chi connectivity index (χ3v) is 4.64. The lowest BCUT2D eigenvalue weighted by Gasteiger charge is -2.53. The van der Waals surface area contributed by atoms with Gasteiger partial charge in [-0.15, -0.1) is 0 Å². The largest absolute Gasteiger partial charge is 0.375 e. The van der Waals surface area contributed by atoms with Crippen LogP contribution in [0.15, 0.2) is 0 Å². The molecule has 1 fully saturated rings. The summed E-state index contributed by atoms with van der Waals surface area (Å²) in [5, 5.41) is 0. The number of ether oxygens (including phenoxy) is 1. The van der Waals surface area contributed by atoms with Crippen LogP contribution in [0.25, 0.3) is 0 Å². The van der Waals surface area contributed by atoms with Gasteiger partial charge in [0, 0.05) is 31.3 Å². The molecule has 1 saturated heterocycles. The molecule has 0 bridgehead atoms. The molecule has 0 radical (unpaired) electrons. The molecule has 1 heterocycles. The maximum Gasteiger partial charge on any atom is 0.0670 e. The maximum atomic E-state index is 6.23. The summed E-state index contributed by atoms with van der Waals surface area (Å²) in [6, 6.07) is 0.533. The molecule has 1 aliphatic rings. The van der Waals surface area contributed by atoms with Gasteiger partial charge in [-0.1, -0.05) is 20.8 Å². The van der Waals surface area contributed by atoms with Crippen LogP contribution in [0.3, 0.4) is 0 Å². The first kappa shape index (κ1) is 16.9. The van der Waals surface area contributed by atoms with Crippen LogP contribution in [0.1, 0.15) is 60.8 Å². The van der Waals surface area contributed by atoms with Gasteiger partial charge in [0.05, 0.1) is 5.60 Å². The predicted octanol–water partition coefficient (Wildman–Crippen LogP) is 3.03. The SMILES string of the molecule is CCC1(C)CC(CN)(N(CC(C)C)C(C)C)CCO1. The van der Waals surface area contributed by atoms with Crippen LogP contribution >= 0.6 is 0 Å². The van der Waals surface area contributed by atoms with Crippen LogP contribution in [0.2, 0.25) is 0 Å². The third kappa shape index (κ3) is 3.93. The van der Waals surface area contributed by atoms with Crippen molar-refractivity contribution in [2.45, 2.75) is 78.0 Å². The van der Waals surface area contributed by atoms with Gasteiger partial charge in [0.25, 0.3) is 0 Å². The standard InChI is InChI=1S/C16H34N2O/c1-7-15(6)11-16(12-17,8-9-19-15)18(14(4)5)10-13(2)3/h13-14H,7-12,17H2,1-6H3. The van der Waals surface area contributed by atoms with Gasteiger partial charge in [-0.3, -0.25) is 4.90 Å². The number of nitrogens with two attached hydrogens (primary N) is 1. The molecule has 19 heavy (non-hydrogen) atoms. The minimum atomic E-state index is -0.0122. The van der Waals surface area contributed by atoms with Crippen LogP contribution < -0.4 is 5.73 Å². The van der Waals surface area contributed by atoms with Crippen molar-refractivity contribution in [3.05, 3.63) is 0 Å². The molecule has 0 aliphatic carbocycles. The molecule has 1 aliphatic heterocycles. The van der Waals surface area contributed by atoms with Gasteiger partial charge in [-0.2, -0.15) is 0 Å². The molecule has 3 heteroatoms. The molecule has 2 unspecified atom stereocenters. The Morgan fingerprint density at radius 1 is 1.26 bits per heavy atom. The van der Waals surface area contributed by atoms with E-state index >= 15 is 0 Å². The Bertz CT molecular complexity index is 280. The van der Waals surface area contributed by atoms with Gasteiger partial charge in [-0.25, -0.2) is 0 Å². The van der Waals surface area contributed by atoms with Gasteiger partial charge in [-0.05, 0) is 46.0 Å². The summed E-state index contributed by atoms with van der Waals surface area (Å²) in [6.45, 7) is 16.3. The fourth-order valence-corrected chi connectivity index (χ4v) is 3.43. The predicted molar refractivity (Wildman–Crippen MR) is 82.3 cm³/mol. The molecule has 0 aromatic heterocycles. The molecule has 3 nitrogen and oxygen atoms in total. The van der Waals surface area contributed by atoms with E-state index in [9.17, 15) is 0 Å². The number of hydrogen-bond acceptors (Lipinski definition) is 3. The molecule has 2 atom stereocenters. The van der Waals surface area contributed by atoms with E-state index in [0.29, 0.717) is 12.0 Å². The zero-order chi connectivity index (χ0) is 14.7. The van der Waals surface area contributed by atoms with Crippen molar-refractivity contribution in [3.8, 4) is 0 Å². The Balaban J connectivity index is 2.98. The van der Waals surface area contributed by atoms with E-state index in [1.165, 1.54) is 0 Å². The smallest absolute Gasteiger partial charge is 0.0670 e. The second-order valence-electron chi connectivity index (χ2n) is 7.15. The molecule has 0 amide bonds. The van der Waals surface area contributed by atoms with E-state index in [1.54, 1.807) is 0 Å². The molecule has 0 aromatic rings. The van der Waals surface area contributed by atoms with Crippen molar-refractivity contribution in [1.82, 2.24) is 4.90 Å². The van der Waals surface area contributed by atoms with E-state index in [4.69, 9.17) is 10.5 Å². The molecular formula is C16H34N2O. The van der Waals surface area contributed by atoms with E-state index in [-0.39, 0.29) is 11.1 Å². The second-order valence-corrected chi connectivity index (χ2v) is 7.15. The van der Waals surface area contributed by atoms with Crippen molar-refractivity contribution in [2.75, 3.05) is 19.7 Å². The third-order valence-electron chi connectivity index (χ3n) is 4.64. The molecule has 1 rings (SSSR count). The van der Waals surface area contributed by atoms with Gasteiger partial charge in [0.15, 0.2) is 0 Å². The van der Waals surface area contributed by atoms with Gasteiger partial charge < -0.3 is 10.5 Å². The van der Waals surface area contributed by atoms with Gasteiger partial charge in [0.2, 0.25) is 0 Å². The lowest BCUT2D eigenvalue weighted by molar-refractivity contribution is -0.136. The summed E-state index contributed by atoms with van der Waals surface area (Å²) in [7, 11) is 0. The molecule has 0 spiro atoms. The van der Waals surface area contributed by atoms with Gasteiger partial charge in [0.1, 0.15) is 0 Å². The minimum absolute atomic E-state index is 0.0122. The number of hydrogen-bond donors (Lipinski definition) is 1. The summed E-state index contributed by atoms with van der Waals surface area (Å²) in [6.07, 6.45) is 3.17. The quantitative estimate of drug-likeness (QED) is 0.806. The molecular weight excluding hydrogens is 236 g/mol. The normalized spacial score (nSPS) is 32.5. The van der Waals surface area contributed by atoms with Crippen LogP contribution in [0.5, 0.6) is 0 Å². The monoisotopic (exact) mass is 270 g/mol. The Kier molecular flexibility index (Phi) is 5.84. The highest BCUT2D eigenvalue weighted by atomic mass is 16.5. The van der Waals surface area contributed by atoms with Gasteiger partial charge >= 0.3 is 0 Å². The summed E-state index contributed by atoms with van der Waals surface area (Å²) < 4.78 is 6.02. The van der Waals surface area contributed by atoms with E-state index in [2.05, 4.69) is 46.4 Å². The average Bonchev–Trinajstić information content (AvgIpc) is 2.35. The first-order valence-corrected chi connectivity index (χ1v) is 7.89. The summed E-state index contributed by atoms with van der Waals surface area (Å²) in [5.41, 5.74) is 6.33. The maximum absolute atomic E-state index is 6.23. The van der Waals surface area contributed by atoms with Crippen molar-refractivity contribution in [1.29, 1.82) is 0 Å². The topological polar surface area (TPSA) is 38.5 Å². The second kappa shape index (κ2) is 6.55. The highest BCUT2D eigenvalue weighted by Crippen LogP contribution is 2.39. The Hall–Kier alpha value is -0.120. The zero-order valence-corrected chi connectivity index (χ0v) is 13.8. The average molecular weight is 270 g/mol. The van der Waals surface area contributed by atoms with Crippen molar-refractivity contribution < 1.29 is 4.74 Å². The van der Waals surface area contributed by atoms with Crippen molar-refractivity contribution in [2.24, 2.45) is 11.7 Å². The highest BCUT2D eigenvalue weighted by Gasteiger charge is 2.46. The first-order valence-electron chi connectivity index (χ1n) is 7.89. The van der Waals surface area contributed by atoms with E-state index in [1.807, 2.05) is 0 Å². The van der Waals surface area contributed by atoms with E-state index < -0.39 is 0 Å². The summed E-state index contributed by atoms with van der Waals surface area (Å²) in [4.78, 5) is 2.63. The first-order chi connectivity index (χ1) is 8.78. The van der Waals surface area contributed by atoms with Crippen LogP contribution in [0.4, 0.5) is 0 Å². The summed E-state index contributed by atoms with van der Waals surface area (Å²) >= 11 is 0. The molecule has 0 saturated carbocycles. The van der Waals surface area contributed by atoms with Crippen molar-refractivity contribution in [3.63, 3.8) is 0 Å². The molecule has 114 valence electrons. The fraction of sp³-hybridized carbons (Fsp3) is 1.00. The number of rotatable bonds is 6. The van der Waals surface area contributed by atoms with Crippen LogP contribution in [0, 0.1) is 5.92 Å². The Morgan fingerprint density at radius 3 is 2.32 bits per heavy atom.